The molecule has 0 bridgehead atoms. The zero-order valence-electron chi connectivity index (χ0n) is 9.44. The van der Waals surface area contributed by atoms with Crippen LogP contribution in [-0.2, 0) is 4.79 Å². The average Bonchev–Trinajstić information content (AvgIpc) is 2.11. The van der Waals surface area contributed by atoms with Gasteiger partial charge in [0.25, 0.3) is 0 Å². The first kappa shape index (κ1) is 12.7. The Morgan fingerprint density at radius 1 is 1.00 bits per heavy atom. The average molecular weight is 184 g/mol. The van der Waals surface area contributed by atoms with Crippen molar-refractivity contribution in [2.45, 2.75) is 65.7 Å². The third kappa shape index (κ3) is 8.01. The molecule has 0 aliphatic rings. The van der Waals surface area contributed by atoms with Crippen molar-refractivity contribution >= 4 is 6.29 Å². The third-order valence-electron chi connectivity index (χ3n) is 2.49. The van der Waals surface area contributed by atoms with Crippen LogP contribution in [0.1, 0.15) is 65.7 Å². The smallest absolute Gasteiger partial charge is 0.125 e. The number of unbranched alkanes of at least 4 members (excludes halogenated alkanes) is 5. The molecule has 1 nitrogen and oxygen atoms in total. The van der Waals surface area contributed by atoms with Crippen molar-refractivity contribution in [3.05, 3.63) is 0 Å². The monoisotopic (exact) mass is 184 g/mol. The summed E-state index contributed by atoms with van der Waals surface area (Å²) >= 11 is 0. The van der Waals surface area contributed by atoms with Crippen LogP contribution in [-0.4, -0.2) is 6.29 Å². The molecule has 0 fully saturated rings. The van der Waals surface area contributed by atoms with Gasteiger partial charge in [0.1, 0.15) is 6.29 Å². The highest BCUT2D eigenvalue weighted by Gasteiger charge is 2.14. The Labute approximate surface area is 82.9 Å². The first-order valence-electron chi connectivity index (χ1n) is 5.59. The Hall–Kier alpha value is -0.330. The van der Waals surface area contributed by atoms with Crippen LogP contribution in [0.2, 0.25) is 0 Å². The molecule has 0 heterocycles. The highest BCUT2D eigenvalue weighted by molar-refractivity contribution is 5.57. The van der Waals surface area contributed by atoms with E-state index in [4.69, 9.17) is 0 Å². The van der Waals surface area contributed by atoms with Gasteiger partial charge in [0, 0.05) is 5.41 Å². The third-order valence-corrected chi connectivity index (χ3v) is 2.49. The van der Waals surface area contributed by atoms with Crippen LogP contribution < -0.4 is 0 Å². The minimum Gasteiger partial charge on any atom is -0.303 e. The lowest BCUT2D eigenvalue weighted by atomic mass is 9.88. The lowest BCUT2D eigenvalue weighted by Gasteiger charge is -2.15. The van der Waals surface area contributed by atoms with E-state index < -0.39 is 0 Å². The Morgan fingerprint density at radius 2 is 1.54 bits per heavy atom. The molecule has 0 aliphatic carbocycles. The summed E-state index contributed by atoms with van der Waals surface area (Å²) in [6.45, 7) is 6.27. The van der Waals surface area contributed by atoms with Gasteiger partial charge >= 0.3 is 0 Å². The molecule has 0 spiro atoms. The molecule has 13 heavy (non-hydrogen) atoms. The summed E-state index contributed by atoms with van der Waals surface area (Å²) in [6.07, 6.45) is 9.98. The zero-order chi connectivity index (χ0) is 10.2. The van der Waals surface area contributed by atoms with Gasteiger partial charge in [-0.1, -0.05) is 59.3 Å². The van der Waals surface area contributed by atoms with Gasteiger partial charge in [-0.05, 0) is 6.42 Å². The van der Waals surface area contributed by atoms with Crippen LogP contribution in [0.5, 0.6) is 0 Å². The standard InChI is InChI=1S/C12H24O/c1-4-5-6-7-8-9-10-12(2,3)11-13/h11H,4-10H2,1-3H3. The van der Waals surface area contributed by atoms with E-state index in [2.05, 4.69) is 6.92 Å². The number of rotatable bonds is 8. The van der Waals surface area contributed by atoms with Gasteiger partial charge in [-0.15, -0.1) is 0 Å². The van der Waals surface area contributed by atoms with Crippen molar-refractivity contribution < 1.29 is 4.79 Å². The second-order valence-electron chi connectivity index (χ2n) is 4.62. The van der Waals surface area contributed by atoms with Crippen molar-refractivity contribution in [3.63, 3.8) is 0 Å². The van der Waals surface area contributed by atoms with Gasteiger partial charge in [0.2, 0.25) is 0 Å². The highest BCUT2D eigenvalue weighted by atomic mass is 16.1. The largest absolute Gasteiger partial charge is 0.303 e. The summed E-state index contributed by atoms with van der Waals surface area (Å²) in [6, 6.07) is 0. The van der Waals surface area contributed by atoms with Gasteiger partial charge < -0.3 is 4.79 Å². The first-order valence-corrected chi connectivity index (χ1v) is 5.59. The second kappa shape index (κ2) is 7.11. The van der Waals surface area contributed by atoms with Gasteiger partial charge in [-0.2, -0.15) is 0 Å². The van der Waals surface area contributed by atoms with Crippen LogP contribution in [0.25, 0.3) is 0 Å². The molecule has 0 radical (unpaired) electrons. The lowest BCUT2D eigenvalue weighted by Crippen LogP contribution is -2.12. The predicted octanol–water partition coefficient (Wildman–Crippen LogP) is 3.96. The second-order valence-corrected chi connectivity index (χ2v) is 4.62. The van der Waals surface area contributed by atoms with E-state index in [0.717, 1.165) is 12.7 Å². The van der Waals surface area contributed by atoms with Crippen molar-refractivity contribution in [1.29, 1.82) is 0 Å². The van der Waals surface area contributed by atoms with E-state index in [1.54, 1.807) is 0 Å². The topological polar surface area (TPSA) is 17.1 Å². The summed E-state index contributed by atoms with van der Waals surface area (Å²) in [5, 5.41) is 0. The zero-order valence-corrected chi connectivity index (χ0v) is 9.44. The van der Waals surface area contributed by atoms with Crippen LogP contribution in [0.4, 0.5) is 0 Å². The molecule has 0 aromatic rings. The summed E-state index contributed by atoms with van der Waals surface area (Å²) in [5.41, 5.74) is -0.0925. The highest BCUT2D eigenvalue weighted by Crippen LogP contribution is 2.21. The summed E-state index contributed by atoms with van der Waals surface area (Å²) < 4.78 is 0. The Morgan fingerprint density at radius 3 is 2.08 bits per heavy atom. The van der Waals surface area contributed by atoms with E-state index >= 15 is 0 Å². The normalized spacial score (nSPS) is 11.6. The Bertz CT molecular complexity index is 127. The number of hydrogen-bond acceptors (Lipinski definition) is 1. The molecule has 0 unspecified atom stereocenters. The van der Waals surface area contributed by atoms with Crippen LogP contribution in [0.3, 0.4) is 0 Å². The van der Waals surface area contributed by atoms with Gasteiger partial charge in [0.15, 0.2) is 0 Å². The molecule has 78 valence electrons. The molecule has 0 saturated heterocycles. The minimum absolute atomic E-state index is 0.0925. The quantitative estimate of drug-likeness (QED) is 0.412. The molecule has 0 aromatic carbocycles. The Balaban J connectivity index is 3.20. The molecule has 0 rings (SSSR count). The van der Waals surface area contributed by atoms with Crippen molar-refractivity contribution in [3.8, 4) is 0 Å². The van der Waals surface area contributed by atoms with Gasteiger partial charge in [0.05, 0.1) is 0 Å². The number of aldehydes is 1. The fraction of sp³-hybridized carbons (Fsp3) is 0.917. The maximum Gasteiger partial charge on any atom is 0.125 e. The lowest BCUT2D eigenvalue weighted by molar-refractivity contribution is -0.115. The van der Waals surface area contributed by atoms with Gasteiger partial charge in [-0.25, -0.2) is 0 Å². The number of hydrogen-bond donors (Lipinski definition) is 0. The number of carbonyl (C=O) groups is 1. The first-order chi connectivity index (χ1) is 6.12. The molecule has 0 saturated carbocycles. The molecule has 0 aromatic heterocycles. The molecule has 0 aliphatic heterocycles. The van der Waals surface area contributed by atoms with Crippen LogP contribution in [0, 0.1) is 5.41 Å². The van der Waals surface area contributed by atoms with Crippen molar-refractivity contribution in [2.75, 3.05) is 0 Å². The van der Waals surface area contributed by atoms with Gasteiger partial charge in [-0.3, -0.25) is 0 Å². The van der Waals surface area contributed by atoms with E-state index in [9.17, 15) is 4.79 Å². The molecule has 0 atom stereocenters. The molecular weight excluding hydrogens is 160 g/mol. The maximum atomic E-state index is 10.6. The summed E-state index contributed by atoms with van der Waals surface area (Å²) in [4.78, 5) is 10.6. The molecule has 1 heteroatoms. The molecule has 0 N–H and O–H groups in total. The van der Waals surface area contributed by atoms with Crippen LogP contribution in [0.15, 0.2) is 0 Å². The molecule has 0 amide bonds. The fourth-order valence-electron chi connectivity index (χ4n) is 1.42. The maximum absolute atomic E-state index is 10.6. The van der Waals surface area contributed by atoms with Crippen LogP contribution >= 0.6 is 0 Å². The Kier molecular flexibility index (Phi) is 6.93. The van der Waals surface area contributed by atoms with E-state index in [-0.39, 0.29) is 5.41 Å². The summed E-state index contributed by atoms with van der Waals surface area (Å²) in [5.74, 6) is 0. The molecular formula is C12H24O. The van der Waals surface area contributed by atoms with E-state index in [1.165, 1.54) is 38.5 Å². The van der Waals surface area contributed by atoms with E-state index in [1.807, 2.05) is 13.8 Å². The summed E-state index contributed by atoms with van der Waals surface area (Å²) in [7, 11) is 0. The van der Waals surface area contributed by atoms with E-state index in [0.29, 0.717) is 0 Å². The number of carbonyl (C=O) groups excluding carboxylic acids is 1. The predicted molar refractivity (Wildman–Crippen MR) is 57.8 cm³/mol. The van der Waals surface area contributed by atoms with Crippen molar-refractivity contribution in [1.82, 2.24) is 0 Å². The fourth-order valence-corrected chi connectivity index (χ4v) is 1.42. The van der Waals surface area contributed by atoms with Crippen molar-refractivity contribution in [2.24, 2.45) is 5.41 Å². The SMILES string of the molecule is CCCCCCCCC(C)(C)C=O. The minimum atomic E-state index is -0.0925.